The summed E-state index contributed by atoms with van der Waals surface area (Å²) in [5.41, 5.74) is 2.61. The predicted octanol–water partition coefficient (Wildman–Crippen LogP) is 5.55. The highest BCUT2D eigenvalue weighted by atomic mass is 35.5. The van der Waals surface area contributed by atoms with Crippen LogP contribution in [0.15, 0.2) is 48.7 Å². The molecule has 2 heterocycles. The van der Waals surface area contributed by atoms with Gasteiger partial charge in [-0.05, 0) is 36.4 Å². The van der Waals surface area contributed by atoms with E-state index in [1.807, 2.05) is 30.3 Å². The van der Waals surface area contributed by atoms with Crippen LogP contribution in [0.2, 0.25) is 15.1 Å². The van der Waals surface area contributed by atoms with E-state index in [0.29, 0.717) is 33.9 Å². The van der Waals surface area contributed by atoms with Gasteiger partial charge in [-0.1, -0.05) is 40.9 Å². The second-order valence-corrected chi connectivity index (χ2v) is 9.19. The lowest BCUT2D eigenvalue weighted by molar-refractivity contribution is -0.122. The molecule has 164 valence electrons. The van der Waals surface area contributed by atoms with E-state index in [-0.39, 0.29) is 29.7 Å². The third-order valence-corrected chi connectivity index (χ3v) is 6.93. The monoisotopic (exact) mass is 516 g/mol. The first kappa shape index (κ1) is 24.2. The molecule has 0 saturated carbocycles. The molecule has 5 nitrogen and oxygen atoms in total. The smallest absolute Gasteiger partial charge is 0.238 e. The van der Waals surface area contributed by atoms with Crippen molar-refractivity contribution in [3.05, 3.63) is 69.3 Å². The Hall–Kier alpha value is -1.41. The van der Waals surface area contributed by atoms with Crippen LogP contribution in [0.4, 0.5) is 5.69 Å². The number of rotatable bonds is 6. The summed E-state index contributed by atoms with van der Waals surface area (Å²) in [4.78, 5) is 16.9. The zero-order chi connectivity index (χ0) is 21.1. The van der Waals surface area contributed by atoms with E-state index in [1.54, 1.807) is 30.1 Å². The van der Waals surface area contributed by atoms with Crippen LogP contribution in [0.3, 0.4) is 0 Å². The minimum Gasteiger partial charge on any atom is -0.383 e. The molecule has 2 atom stereocenters. The average Bonchev–Trinajstić information content (AvgIpc) is 3.20. The van der Waals surface area contributed by atoms with Crippen molar-refractivity contribution in [2.45, 2.75) is 11.4 Å². The maximum Gasteiger partial charge on any atom is 0.238 e. The average molecular weight is 518 g/mol. The molecule has 3 N–H and O–H groups in total. The Bertz CT molecular complexity index is 1060. The fourth-order valence-electron chi connectivity index (χ4n) is 3.33. The number of carbonyl (C=O) groups excluding carboxylic acids is 1. The Morgan fingerprint density at radius 3 is 2.68 bits per heavy atom. The summed E-state index contributed by atoms with van der Waals surface area (Å²) in [5.74, 6) is 0.614. The Labute approximate surface area is 206 Å². The number of carbonyl (C=O) groups is 1. The number of fused-ring (bicyclic) bond motifs is 1. The number of amides is 1. The SMILES string of the molecule is Cl.O=C(NCCNc1ccnc2cc(Cl)ccc12)C1CSC(c2c(Cl)cccc2Cl)N1. The van der Waals surface area contributed by atoms with Crippen molar-refractivity contribution >= 4 is 81.5 Å². The van der Waals surface area contributed by atoms with Gasteiger partial charge in [-0.3, -0.25) is 15.1 Å². The third-order valence-electron chi connectivity index (χ3n) is 4.80. The Kier molecular flexibility index (Phi) is 8.56. The molecule has 4 rings (SSSR count). The largest absolute Gasteiger partial charge is 0.383 e. The quantitative estimate of drug-likeness (QED) is 0.374. The first-order valence-electron chi connectivity index (χ1n) is 9.40. The van der Waals surface area contributed by atoms with Crippen LogP contribution in [0.5, 0.6) is 0 Å². The van der Waals surface area contributed by atoms with Gasteiger partial charge >= 0.3 is 0 Å². The number of aromatic nitrogens is 1. The molecule has 2 unspecified atom stereocenters. The molecule has 1 fully saturated rings. The second kappa shape index (κ2) is 10.9. The van der Waals surface area contributed by atoms with E-state index in [1.165, 1.54) is 0 Å². The molecular formula is C21H20Cl4N4OS. The summed E-state index contributed by atoms with van der Waals surface area (Å²) in [6.45, 7) is 1.09. The zero-order valence-corrected chi connectivity index (χ0v) is 20.1. The number of hydrogen-bond acceptors (Lipinski definition) is 5. The number of nitrogens with one attached hydrogen (secondary N) is 3. The fourth-order valence-corrected chi connectivity index (χ4v) is 5.56. The minimum atomic E-state index is -0.295. The molecule has 1 saturated heterocycles. The Balaban J connectivity index is 0.00000272. The summed E-state index contributed by atoms with van der Waals surface area (Å²) in [5, 5.41) is 12.4. The van der Waals surface area contributed by atoms with Crippen molar-refractivity contribution in [2.24, 2.45) is 0 Å². The molecule has 1 aliphatic heterocycles. The summed E-state index contributed by atoms with van der Waals surface area (Å²) in [7, 11) is 0. The molecule has 3 aromatic rings. The van der Waals surface area contributed by atoms with Crippen molar-refractivity contribution in [3.8, 4) is 0 Å². The number of benzene rings is 2. The highest BCUT2D eigenvalue weighted by Crippen LogP contribution is 2.40. The summed E-state index contributed by atoms with van der Waals surface area (Å²) in [6, 6.07) is 12.6. The normalized spacial score (nSPS) is 17.9. The van der Waals surface area contributed by atoms with Gasteiger partial charge in [0, 0.05) is 56.7 Å². The van der Waals surface area contributed by atoms with Crippen molar-refractivity contribution in [3.63, 3.8) is 0 Å². The molecule has 1 amide bonds. The number of anilines is 1. The van der Waals surface area contributed by atoms with E-state index in [0.717, 1.165) is 22.2 Å². The summed E-state index contributed by atoms with van der Waals surface area (Å²) in [6.07, 6.45) is 1.74. The van der Waals surface area contributed by atoms with E-state index in [9.17, 15) is 4.79 Å². The van der Waals surface area contributed by atoms with Crippen LogP contribution < -0.4 is 16.0 Å². The lowest BCUT2D eigenvalue weighted by Crippen LogP contribution is -2.44. The van der Waals surface area contributed by atoms with Crippen LogP contribution in [0.1, 0.15) is 10.9 Å². The minimum absolute atomic E-state index is 0. The molecule has 0 spiro atoms. The standard InChI is InChI=1S/C21H19Cl3N4OS.ClH/c22-12-4-5-13-16(6-7-25-17(13)10-12)26-8-9-27-20(29)18-11-30-21(28-18)19-14(23)2-1-3-15(19)24;/h1-7,10,18,21,28H,8-9,11H2,(H,25,26)(H,27,29);1H. The van der Waals surface area contributed by atoms with E-state index in [2.05, 4.69) is 20.9 Å². The van der Waals surface area contributed by atoms with Gasteiger partial charge in [0.2, 0.25) is 5.91 Å². The molecule has 0 radical (unpaired) electrons. The third kappa shape index (κ3) is 5.69. The second-order valence-electron chi connectivity index (χ2n) is 6.81. The molecular weight excluding hydrogens is 498 g/mol. The lowest BCUT2D eigenvalue weighted by atomic mass is 10.2. The number of halogens is 4. The number of hydrogen-bond donors (Lipinski definition) is 3. The van der Waals surface area contributed by atoms with Crippen LogP contribution in [-0.4, -0.2) is 35.8 Å². The van der Waals surface area contributed by atoms with Gasteiger partial charge in [0.05, 0.1) is 16.9 Å². The molecule has 2 aromatic carbocycles. The zero-order valence-electron chi connectivity index (χ0n) is 16.2. The van der Waals surface area contributed by atoms with E-state index in [4.69, 9.17) is 34.8 Å². The maximum atomic E-state index is 12.5. The highest BCUT2D eigenvalue weighted by Gasteiger charge is 2.32. The Morgan fingerprint density at radius 2 is 1.90 bits per heavy atom. The molecule has 1 aromatic heterocycles. The summed E-state index contributed by atoms with van der Waals surface area (Å²) < 4.78 is 0. The Morgan fingerprint density at radius 1 is 1.13 bits per heavy atom. The topological polar surface area (TPSA) is 66.0 Å². The lowest BCUT2D eigenvalue weighted by Gasteiger charge is -2.16. The summed E-state index contributed by atoms with van der Waals surface area (Å²) >= 11 is 20.2. The van der Waals surface area contributed by atoms with Gasteiger partial charge < -0.3 is 10.6 Å². The van der Waals surface area contributed by atoms with Crippen molar-refractivity contribution < 1.29 is 4.79 Å². The van der Waals surface area contributed by atoms with Crippen LogP contribution in [-0.2, 0) is 4.79 Å². The molecule has 0 aliphatic carbocycles. The van der Waals surface area contributed by atoms with Crippen LogP contribution >= 0.6 is 59.0 Å². The van der Waals surface area contributed by atoms with Gasteiger partial charge in [0.15, 0.2) is 0 Å². The maximum absolute atomic E-state index is 12.5. The van der Waals surface area contributed by atoms with Crippen LogP contribution in [0.25, 0.3) is 10.9 Å². The molecule has 0 bridgehead atoms. The first-order valence-corrected chi connectivity index (χ1v) is 11.6. The number of thioether (sulfide) groups is 1. The molecule has 1 aliphatic rings. The van der Waals surface area contributed by atoms with E-state index < -0.39 is 0 Å². The van der Waals surface area contributed by atoms with Crippen molar-refractivity contribution in [1.29, 1.82) is 0 Å². The fraction of sp³-hybridized carbons (Fsp3) is 0.238. The molecule has 10 heteroatoms. The van der Waals surface area contributed by atoms with Gasteiger partial charge in [-0.25, -0.2) is 0 Å². The van der Waals surface area contributed by atoms with Crippen molar-refractivity contribution in [2.75, 3.05) is 24.2 Å². The van der Waals surface area contributed by atoms with Crippen molar-refractivity contribution in [1.82, 2.24) is 15.6 Å². The predicted molar refractivity (Wildman–Crippen MR) is 134 cm³/mol. The van der Waals surface area contributed by atoms with Crippen LogP contribution in [0, 0.1) is 0 Å². The number of pyridine rings is 1. The van der Waals surface area contributed by atoms with Gasteiger partial charge in [0.25, 0.3) is 0 Å². The molecule has 31 heavy (non-hydrogen) atoms. The first-order chi connectivity index (χ1) is 14.5. The van der Waals surface area contributed by atoms with E-state index >= 15 is 0 Å². The van der Waals surface area contributed by atoms with Gasteiger partial charge in [0.1, 0.15) is 0 Å². The van der Waals surface area contributed by atoms with Gasteiger partial charge in [-0.2, -0.15) is 0 Å². The highest BCUT2D eigenvalue weighted by molar-refractivity contribution is 7.99. The number of nitrogens with zero attached hydrogens (tertiary/aromatic N) is 1. The van der Waals surface area contributed by atoms with Gasteiger partial charge in [-0.15, -0.1) is 24.2 Å².